The monoisotopic (exact) mass is 344 g/mol. The molecule has 0 saturated heterocycles. The number of carbonyl (C=O) groups is 1. The van der Waals surface area contributed by atoms with Gasteiger partial charge in [0.25, 0.3) is 5.91 Å². The standard InChI is InChI=1S/C17H20N4O2S/c1-4-23-15-7-5-14(6-8-15)10-18-21-16(22)11-24-17-19-12(2)9-13(3)20-17/h5-10H,4,11H2,1-3H3,(H,21,22). The van der Waals surface area contributed by atoms with Crippen molar-refractivity contribution in [3.05, 3.63) is 47.3 Å². The van der Waals surface area contributed by atoms with Gasteiger partial charge in [-0.05, 0) is 56.7 Å². The number of carbonyl (C=O) groups excluding carboxylic acids is 1. The molecule has 0 bridgehead atoms. The number of nitrogens with one attached hydrogen (secondary N) is 1. The molecule has 24 heavy (non-hydrogen) atoms. The lowest BCUT2D eigenvalue weighted by Gasteiger charge is -2.03. The van der Waals surface area contributed by atoms with Gasteiger partial charge in [0.1, 0.15) is 5.75 Å². The van der Waals surface area contributed by atoms with Gasteiger partial charge < -0.3 is 4.74 Å². The Morgan fingerprint density at radius 1 is 1.25 bits per heavy atom. The molecule has 6 nitrogen and oxygen atoms in total. The summed E-state index contributed by atoms with van der Waals surface area (Å²) in [5.74, 6) is 0.817. The van der Waals surface area contributed by atoms with Crippen LogP contribution in [-0.2, 0) is 4.79 Å². The van der Waals surface area contributed by atoms with E-state index in [9.17, 15) is 4.79 Å². The molecule has 0 fully saturated rings. The molecule has 2 aromatic rings. The highest BCUT2D eigenvalue weighted by molar-refractivity contribution is 7.99. The molecule has 126 valence electrons. The minimum atomic E-state index is -0.204. The van der Waals surface area contributed by atoms with E-state index in [2.05, 4.69) is 20.5 Å². The maximum absolute atomic E-state index is 11.8. The third-order valence-electron chi connectivity index (χ3n) is 2.89. The molecule has 0 spiro atoms. The van der Waals surface area contributed by atoms with Crippen LogP contribution in [0.2, 0.25) is 0 Å². The van der Waals surface area contributed by atoms with Crippen molar-refractivity contribution in [2.45, 2.75) is 25.9 Å². The minimum absolute atomic E-state index is 0.204. The molecule has 0 radical (unpaired) electrons. The van der Waals surface area contributed by atoms with E-state index in [0.29, 0.717) is 11.8 Å². The van der Waals surface area contributed by atoms with Gasteiger partial charge in [-0.25, -0.2) is 15.4 Å². The molecular weight excluding hydrogens is 324 g/mol. The SMILES string of the molecule is CCOc1ccc(C=NNC(=O)CSc2nc(C)cc(C)n2)cc1. The molecule has 0 saturated carbocycles. The van der Waals surface area contributed by atoms with E-state index >= 15 is 0 Å². The number of nitrogens with zero attached hydrogens (tertiary/aromatic N) is 3. The van der Waals surface area contributed by atoms with Gasteiger partial charge in [-0.1, -0.05) is 11.8 Å². The van der Waals surface area contributed by atoms with Crippen molar-refractivity contribution >= 4 is 23.9 Å². The summed E-state index contributed by atoms with van der Waals surface area (Å²) < 4.78 is 5.37. The van der Waals surface area contributed by atoms with Crippen LogP contribution in [0.25, 0.3) is 0 Å². The second-order valence-corrected chi connectivity index (χ2v) is 5.96. The van der Waals surface area contributed by atoms with Crippen molar-refractivity contribution in [2.75, 3.05) is 12.4 Å². The molecular formula is C17H20N4O2S. The quantitative estimate of drug-likeness (QED) is 0.362. The topological polar surface area (TPSA) is 76.5 Å². The summed E-state index contributed by atoms with van der Waals surface area (Å²) in [4.78, 5) is 20.4. The van der Waals surface area contributed by atoms with Gasteiger partial charge in [0.2, 0.25) is 0 Å². The van der Waals surface area contributed by atoms with Crippen LogP contribution in [0.4, 0.5) is 0 Å². The maximum atomic E-state index is 11.8. The molecule has 0 atom stereocenters. The van der Waals surface area contributed by atoms with Gasteiger partial charge in [-0.15, -0.1) is 0 Å². The van der Waals surface area contributed by atoms with Gasteiger partial charge in [-0.3, -0.25) is 4.79 Å². The molecule has 1 aromatic heterocycles. The molecule has 7 heteroatoms. The minimum Gasteiger partial charge on any atom is -0.494 e. The molecule has 1 heterocycles. The highest BCUT2D eigenvalue weighted by atomic mass is 32.2. The molecule has 2 rings (SSSR count). The second-order valence-electron chi connectivity index (χ2n) is 5.02. The van der Waals surface area contributed by atoms with Crippen LogP contribution in [0, 0.1) is 13.8 Å². The number of aromatic nitrogens is 2. The zero-order valence-corrected chi connectivity index (χ0v) is 14.8. The Morgan fingerprint density at radius 3 is 2.54 bits per heavy atom. The van der Waals surface area contributed by atoms with E-state index in [1.807, 2.05) is 51.1 Å². The summed E-state index contributed by atoms with van der Waals surface area (Å²) in [6.45, 7) is 6.37. The number of aryl methyl sites for hydroxylation is 2. The van der Waals surface area contributed by atoms with Gasteiger partial charge in [-0.2, -0.15) is 5.10 Å². The number of amides is 1. The number of hydrogen-bond donors (Lipinski definition) is 1. The normalized spacial score (nSPS) is 10.8. The summed E-state index contributed by atoms with van der Waals surface area (Å²) >= 11 is 1.29. The van der Waals surface area contributed by atoms with Crippen molar-refractivity contribution in [1.29, 1.82) is 0 Å². The lowest BCUT2D eigenvalue weighted by molar-refractivity contribution is -0.118. The van der Waals surface area contributed by atoms with Crippen molar-refractivity contribution in [2.24, 2.45) is 5.10 Å². The molecule has 0 aliphatic heterocycles. The van der Waals surface area contributed by atoms with Gasteiger partial charge in [0.05, 0.1) is 18.6 Å². The van der Waals surface area contributed by atoms with Crippen LogP contribution >= 0.6 is 11.8 Å². The summed E-state index contributed by atoms with van der Waals surface area (Å²) in [6, 6.07) is 9.36. The maximum Gasteiger partial charge on any atom is 0.250 e. The average molecular weight is 344 g/mol. The zero-order chi connectivity index (χ0) is 17.4. The van der Waals surface area contributed by atoms with E-state index in [4.69, 9.17) is 4.74 Å². The highest BCUT2D eigenvalue weighted by Gasteiger charge is 2.05. The first-order valence-corrected chi connectivity index (χ1v) is 8.55. The Labute approximate surface area is 145 Å². The van der Waals surface area contributed by atoms with Crippen molar-refractivity contribution in [3.63, 3.8) is 0 Å². The fourth-order valence-electron chi connectivity index (χ4n) is 1.92. The molecule has 0 unspecified atom stereocenters. The Kier molecular flexibility index (Phi) is 6.74. The van der Waals surface area contributed by atoms with Crippen LogP contribution in [0.15, 0.2) is 40.6 Å². The summed E-state index contributed by atoms with van der Waals surface area (Å²) in [6.07, 6.45) is 1.59. The third-order valence-corrected chi connectivity index (χ3v) is 3.74. The molecule has 0 aliphatic rings. The Hall–Kier alpha value is -2.41. The third kappa shape index (κ3) is 6.00. The van der Waals surface area contributed by atoms with E-state index in [1.54, 1.807) is 6.21 Å². The van der Waals surface area contributed by atoms with Crippen LogP contribution in [0.1, 0.15) is 23.9 Å². The molecule has 1 N–H and O–H groups in total. The fourth-order valence-corrected chi connectivity index (χ4v) is 2.66. The van der Waals surface area contributed by atoms with Crippen molar-refractivity contribution in [3.8, 4) is 5.75 Å². The lowest BCUT2D eigenvalue weighted by atomic mass is 10.2. The Morgan fingerprint density at radius 2 is 1.92 bits per heavy atom. The first kappa shape index (κ1) is 17.9. The molecule has 0 aliphatic carbocycles. The first-order chi connectivity index (χ1) is 11.6. The van der Waals surface area contributed by atoms with Crippen molar-refractivity contribution < 1.29 is 9.53 Å². The van der Waals surface area contributed by atoms with E-state index in [-0.39, 0.29) is 11.7 Å². The largest absolute Gasteiger partial charge is 0.494 e. The summed E-state index contributed by atoms with van der Waals surface area (Å²) in [5.41, 5.74) is 5.15. The van der Waals surface area contributed by atoms with Crippen LogP contribution < -0.4 is 10.2 Å². The van der Waals surface area contributed by atoms with Gasteiger partial charge in [0, 0.05) is 11.4 Å². The predicted octanol–water partition coefficient (Wildman–Crippen LogP) is 2.73. The predicted molar refractivity (Wildman–Crippen MR) is 95.6 cm³/mol. The van der Waals surface area contributed by atoms with Gasteiger partial charge in [0.15, 0.2) is 5.16 Å². The number of benzene rings is 1. The van der Waals surface area contributed by atoms with E-state index in [1.165, 1.54) is 11.8 Å². The van der Waals surface area contributed by atoms with Crippen molar-refractivity contribution in [1.82, 2.24) is 15.4 Å². The summed E-state index contributed by atoms with van der Waals surface area (Å²) in [5, 5.41) is 4.54. The van der Waals surface area contributed by atoms with Gasteiger partial charge >= 0.3 is 0 Å². The fraction of sp³-hybridized carbons (Fsp3) is 0.294. The number of hydrazone groups is 1. The lowest BCUT2D eigenvalue weighted by Crippen LogP contribution is -2.19. The molecule has 1 aromatic carbocycles. The number of ether oxygens (including phenoxy) is 1. The Bertz CT molecular complexity index is 697. The smallest absolute Gasteiger partial charge is 0.250 e. The van der Waals surface area contributed by atoms with Crippen LogP contribution in [0.3, 0.4) is 0 Å². The zero-order valence-electron chi connectivity index (χ0n) is 13.9. The van der Waals surface area contributed by atoms with E-state index in [0.717, 1.165) is 22.7 Å². The number of rotatable bonds is 7. The summed E-state index contributed by atoms with van der Waals surface area (Å²) in [7, 11) is 0. The average Bonchev–Trinajstić information content (AvgIpc) is 2.54. The first-order valence-electron chi connectivity index (χ1n) is 7.56. The van der Waals surface area contributed by atoms with Crippen LogP contribution in [-0.4, -0.2) is 34.4 Å². The molecule has 1 amide bonds. The number of hydrogen-bond acceptors (Lipinski definition) is 6. The Balaban J connectivity index is 1.79. The van der Waals surface area contributed by atoms with E-state index < -0.39 is 0 Å². The van der Waals surface area contributed by atoms with Crippen LogP contribution in [0.5, 0.6) is 5.75 Å². The number of thioether (sulfide) groups is 1. The second kappa shape index (κ2) is 9.02. The highest BCUT2D eigenvalue weighted by Crippen LogP contribution is 2.13.